The van der Waals surface area contributed by atoms with E-state index in [2.05, 4.69) is 15.6 Å². The number of rotatable bonds is 8. The minimum atomic E-state index is -0.325. The zero-order valence-electron chi connectivity index (χ0n) is 20.5. The largest absolute Gasteiger partial charge is 0.322 e. The van der Waals surface area contributed by atoms with Crippen molar-refractivity contribution in [3.05, 3.63) is 107 Å². The molecule has 8 heteroatoms. The zero-order chi connectivity index (χ0) is 26.5. The Hall–Kier alpha value is -3.65. The molecule has 0 spiro atoms. The highest BCUT2D eigenvalue weighted by molar-refractivity contribution is 8.00. The van der Waals surface area contributed by atoms with Gasteiger partial charge in [-0.1, -0.05) is 73.1 Å². The first-order chi connectivity index (χ1) is 18.5. The van der Waals surface area contributed by atoms with Gasteiger partial charge in [0.05, 0.1) is 10.9 Å². The molecule has 0 aliphatic rings. The first-order valence-corrected chi connectivity index (χ1v) is 14.2. The number of fused-ring (bicyclic) bond motifs is 1. The maximum absolute atomic E-state index is 13.1. The van der Waals surface area contributed by atoms with Gasteiger partial charge in [-0.25, -0.2) is 4.98 Å². The van der Waals surface area contributed by atoms with Crippen LogP contribution in [0.4, 0.5) is 10.8 Å². The Bertz CT molecular complexity index is 1620. The predicted molar refractivity (Wildman–Crippen MR) is 159 cm³/mol. The van der Waals surface area contributed by atoms with Crippen LogP contribution in [0.5, 0.6) is 0 Å². The average Bonchev–Trinajstić information content (AvgIpc) is 3.40. The van der Waals surface area contributed by atoms with Crippen molar-refractivity contribution in [3.8, 4) is 11.3 Å². The van der Waals surface area contributed by atoms with Crippen molar-refractivity contribution in [1.82, 2.24) is 4.98 Å². The molecule has 190 valence electrons. The molecule has 0 radical (unpaired) electrons. The quantitative estimate of drug-likeness (QED) is 0.188. The standard InChI is InChI=1S/C30H24ClN3O2S2/c1-2-27(29(36)34-30-33-26(18-37-30)24-12-5-6-13-25(24)31)38-23-11-7-10-22(17-23)32-28(35)21-15-14-19-8-3-4-9-20(19)16-21/h3-18,27H,2H2,1H3,(H,32,35)(H,33,34,36). The Labute approximate surface area is 234 Å². The van der Waals surface area contributed by atoms with Crippen LogP contribution in [-0.4, -0.2) is 22.0 Å². The van der Waals surface area contributed by atoms with E-state index < -0.39 is 0 Å². The molecule has 1 aromatic heterocycles. The number of amides is 2. The average molecular weight is 558 g/mol. The molecular formula is C30H24ClN3O2S2. The van der Waals surface area contributed by atoms with E-state index in [0.29, 0.717) is 27.8 Å². The second-order valence-corrected chi connectivity index (χ2v) is 11.1. The number of carbonyl (C=O) groups is 2. The summed E-state index contributed by atoms with van der Waals surface area (Å²) in [5, 5.41) is 10.7. The number of nitrogens with zero attached hydrogens (tertiary/aromatic N) is 1. The first kappa shape index (κ1) is 26.0. The Morgan fingerprint density at radius 2 is 1.71 bits per heavy atom. The number of thioether (sulfide) groups is 1. The number of anilines is 2. The Morgan fingerprint density at radius 1 is 0.921 bits per heavy atom. The topological polar surface area (TPSA) is 71.1 Å². The lowest BCUT2D eigenvalue weighted by Crippen LogP contribution is -2.24. The van der Waals surface area contributed by atoms with Crippen molar-refractivity contribution >= 4 is 68.1 Å². The highest BCUT2D eigenvalue weighted by atomic mass is 35.5. The fraction of sp³-hybridized carbons (Fsp3) is 0.100. The van der Waals surface area contributed by atoms with Crippen LogP contribution in [0.1, 0.15) is 23.7 Å². The summed E-state index contributed by atoms with van der Waals surface area (Å²) in [5.74, 6) is -0.302. The molecule has 5 rings (SSSR count). The Morgan fingerprint density at radius 3 is 2.53 bits per heavy atom. The SMILES string of the molecule is CCC(Sc1cccc(NC(=O)c2ccc3ccccc3c2)c1)C(=O)Nc1nc(-c2ccccc2Cl)cs1. The van der Waals surface area contributed by atoms with Crippen LogP contribution < -0.4 is 10.6 Å². The molecule has 0 bridgehead atoms. The van der Waals surface area contributed by atoms with Crippen LogP contribution in [0.2, 0.25) is 5.02 Å². The minimum Gasteiger partial charge on any atom is -0.322 e. The molecule has 2 N–H and O–H groups in total. The number of nitrogens with one attached hydrogen (secondary N) is 2. The van der Waals surface area contributed by atoms with E-state index in [1.54, 1.807) is 0 Å². The van der Waals surface area contributed by atoms with Crippen LogP contribution in [0.15, 0.2) is 101 Å². The second kappa shape index (κ2) is 11.8. The van der Waals surface area contributed by atoms with E-state index in [-0.39, 0.29) is 17.1 Å². The molecule has 1 heterocycles. The monoisotopic (exact) mass is 557 g/mol. The summed E-state index contributed by atoms with van der Waals surface area (Å²) < 4.78 is 0. The minimum absolute atomic E-state index is 0.122. The third-order valence-electron chi connectivity index (χ3n) is 5.93. The molecule has 38 heavy (non-hydrogen) atoms. The summed E-state index contributed by atoms with van der Waals surface area (Å²) in [6, 6.07) is 28.6. The van der Waals surface area contributed by atoms with E-state index in [4.69, 9.17) is 11.6 Å². The predicted octanol–water partition coefficient (Wildman–Crippen LogP) is 8.38. The molecule has 0 saturated heterocycles. The van der Waals surface area contributed by atoms with Crippen molar-refractivity contribution < 1.29 is 9.59 Å². The van der Waals surface area contributed by atoms with Gasteiger partial charge in [0.1, 0.15) is 0 Å². The van der Waals surface area contributed by atoms with Gasteiger partial charge < -0.3 is 10.6 Å². The van der Waals surface area contributed by atoms with Gasteiger partial charge in [0.15, 0.2) is 5.13 Å². The van der Waals surface area contributed by atoms with Crippen LogP contribution in [0, 0.1) is 0 Å². The highest BCUT2D eigenvalue weighted by Gasteiger charge is 2.20. The lowest BCUT2D eigenvalue weighted by atomic mass is 10.1. The van der Waals surface area contributed by atoms with Crippen LogP contribution in [0.3, 0.4) is 0 Å². The first-order valence-electron chi connectivity index (χ1n) is 12.1. The zero-order valence-corrected chi connectivity index (χ0v) is 22.9. The third kappa shape index (κ3) is 6.07. The molecule has 1 unspecified atom stereocenters. The summed E-state index contributed by atoms with van der Waals surface area (Å²) >= 11 is 9.10. The van der Waals surface area contributed by atoms with E-state index in [9.17, 15) is 9.59 Å². The highest BCUT2D eigenvalue weighted by Crippen LogP contribution is 2.32. The Balaban J connectivity index is 1.24. The van der Waals surface area contributed by atoms with Gasteiger partial charge in [-0.3, -0.25) is 9.59 Å². The van der Waals surface area contributed by atoms with Gasteiger partial charge in [-0.15, -0.1) is 23.1 Å². The number of benzene rings is 4. The molecule has 1 atom stereocenters. The number of halogens is 1. The number of hydrogen-bond acceptors (Lipinski definition) is 5. The van der Waals surface area contributed by atoms with Crippen molar-refractivity contribution in [2.75, 3.05) is 10.6 Å². The van der Waals surface area contributed by atoms with Crippen LogP contribution in [0.25, 0.3) is 22.0 Å². The molecule has 0 aliphatic heterocycles. The fourth-order valence-electron chi connectivity index (χ4n) is 3.98. The van der Waals surface area contributed by atoms with Gasteiger partial charge >= 0.3 is 0 Å². The summed E-state index contributed by atoms with van der Waals surface area (Å²) in [6.07, 6.45) is 0.632. The molecule has 4 aromatic carbocycles. The molecule has 2 amide bonds. The Kier molecular flexibility index (Phi) is 8.08. The normalized spacial score (nSPS) is 11.7. The van der Waals surface area contributed by atoms with Gasteiger partial charge in [-0.05, 0) is 53.6 Å². The molecule has 0 aliphatic carbocycles. The molecule has 0 fully saturated rings. The van der Waals surface area contributed by atoms with E-state index >= 15 is 0 Å². The molecule has 5 aromatic rings. The lowest BCUT2D eigenvalue weighted by Gasteiger charge is -2.14. The third-order valence-corrected chi connectivity index (χ3v) is 8.37. The summed E-state index contributed by atoms with van der Waals surface area (Å²) in [4.78, 5) is 31.4. The summed E-state index contributed by atoms with van der Waals surface area (Å²) in [7, 11) is 0. The smallest absolute Gasteiger partial charge is 0.255 e. The summed E-state index contributed by atoms with van der Waals surface area (Å²) in [6.45, 7) is 1.97. The van der Waals surface area contributed by atoms with Gasteiger partial charge in [0.2, 0.25) is 5.91 Å². The molecule has 5 nitrogen and oxygen atoms in total. The maximum atomic E-state index is 13.1. The number of thiazole rings is 1. The lowest BCUT2D eigenvalue weighted by molar-refractivity contribution is -0.115. The van der Waals surface area contributed by atoms with Gasteiger partial charge in [0, 0.05) is 32.1 Å². The van der Waals surface area contributed by atoms with E-state index in [1.807, 2.05) is 103 Å². The number of carbonyl (C=O) groups excluding carboxylic acids is 2. The van der Waals surface area contributed by atoms with Crippen LogP contribution >= 0.6 is 34.7 Å². The number of aromatic nitrogens is 1. The fourth-order valence-corrected chi connectivity index (χ4v) is 5.94. The van der Waals surface area contributed by atoms with Crippen molar-refractivity contribution in [2.45, 2.75) is 23.5 Å². The van der Waals surface area contributed by atoms with Crippen molar-refractivity contribution in [2.24, 2.45) is 0 Å². The van der Waals surface area contributed by atoms with Crippen molar-refractivity contribution in [1.29, 1.82) is 0 Å². The van der Waals surface area contributed by atoms with Gasteiger partial charge in [0.25, 0.3) is 5.91 Å². The van der Waals surface area contributed by atoms with E-state index in [1.165, 1.54) is 23.1 Å². The van der Waals surface area contributed by atoms with Crippen molar-refractivity contribution in [3.63, 3.8) is 0 Å². The van der Waals surface area contributed by atoms with Crippen LogP contribution in [-0.2, 0) is 4.79 Å². The maximum Gasteiger partial charge on any atom is 0.255 e. The summed E-state index contributed by atoms with van der Waals surface area (Å²) in [5.41, 5.74) is 2.82. The van der Waals surface area contributed by atoms with Gasteiger partial charge in [-0.2, -0.15) is 0 Å². The molecule has 0 saturated carbocycles. The molecular weight excluding hydrogens is 534 g/mol. The number of hydrogen-bond donors (Lipinski definition) is 2. The van der Waals surface area contributed by atoms with E-state index in [0.717, 1.165) is 26.9 Å². The second-order valence-electron chi connectivity index (χ2n) is 8.57.